The van der Waals surface area contributed by atoms with E-state index in [1.54, 1.807) is 13.8 Å². The molecule has 0 amide bonds. The number of phosphoric acid groups is 1. The molecule has 0 N–H and O–H groups in total. The summed E-state index contributed by atoms with van der Waals surface area (Å²) in [6.07, 6.45) is 14.3. The summed E-state index contributed by atoms with van der Waals surface area (Å²) in [5, 5.41) is 0. The predicted octanol–water partition coefficient (Wildman–Crippen LogP) is 8.25. The second-order valence-electron chi connectivity index (χ2n) is 9.73. The van der Waals surface area contributed by atoms with Crippen molar-refractivity contribution < 1.29 is 37.2 Å². The molecule has 0 saturated carbocycles. The summed E-state index contributed by atoms with van der Waals surface area (Å²) in [7, 11) is -3.55. The second-order valence-corrected chi connectivity index (χ2v) is 11.4. The van der Waals surface area contributed by atoms with Crippen LogP contribution in [0.4, 0.5) is 0 Å². The van der Waals surface area contributed by atoms with Crippen LogP contribution in [0.15, 0.2) is 24.3 Å². The lowest BCUT2D eigenvalue weighted by Gasteiger charge is -2.18. The standard InChI is InChI=1S/C29H53O8P/c1-6-7-16-23-35-38(32,36-24-19-14-10-8-12-17-21-33-28(30)26(2)3)37-25-20-15-11-9-13-18-22-34-29(31)27(4)5/h2,4,6-25H2,1,3,5H3. The van der Waals surface area contributed by atoms with Crippen molar-refractivity contribution in [2.24, 2.45) is 0 Å². The first-order chi connectivity index (χ1) is 18.2. The number of rotatable bonds is 27. The Morgan fingerprint density at radius 3 is 1.13 bits per heavy atom. The largest absolute Gasteiger partial charge is 0.474 e. The van der Waals surface area contributed by atoms with Crippen LogP contribution in [0.2, 0.25) is 0 Å². The predicted molar refractivity (Wildman–Crippen MR) is 152 cm³/mol. The van der Waals surface area contributed by atoms with Gasteiger partial charge in [0.2, 0.25) is 0 Å². The summed E-state index contributed by atoms with van der Waals surface area (Å²) in [6.45, 7) is 14.4. The van der Waals surface area contributed by atoms with Crippen LogP contribution in [0.3, 0.4) is 0 Å². The Morgan fingerprint density at radius 1 is 0.526 bits per heavy atom. The van der Waals surface area contributed by atoms with E-state index in [1.807, 2.05) is 0 Å². The molecule has 9 heteroatoms. The minimum Gasteiger partial charge on any atom is -0.462 e. The molecule has 0 aromatic heterocycles. The molecule has 0 aliphatic carbocycles. The van der Waals surface area contributed by atoms with Gasteiger partial charge in [0.25, 0.3) is 0 Å². The van der Waals surface area contributed by atoms with Crippen molar-refractivity contribution in [1.29, 1.82) is 0 Å². The molecular weight excluding hydrogens is 507 g/mol. The molecule has 0 fully saturated rings. The number of carbonyl (C=O) groups is 2. The van der Waals surface area contributed by atoms with Crippen LogP contribution in [0.25, 0.3) is 0 Å². The van der Waals surface area contributed by atoms with Gasteiger partial charge < -0.3 is 9.47 Å². The molecule has 0 aliphatic rings. The third-order valence-corrected chi connectivity index (χ3v) is 7.23. The van der Waals surface area contributed by atoms with E-state index in [-0.39, 0.29) is 11.9 Å². The van der Waals surface area contributed by atoms with Gasteiger partial charge in [0.15, 0.2) is 0 Å². The lowest BCUT2D eigenvalue weighted by atomic mass is 10.1. The van der Waals surface area contributed by atoms with E-state index in [9.17, 15) is 14.2 Å². The lowest BCUT2D eigenvalue weighted by molar-refractivity contribution is -0.139. The van der Waals surface area contributed by atoms with Gasteiger partial charge in [-0.3, -0.25) is 13.6 Å². The Balaban J connectivity index is 3.97. The van der Waals surface area contributed by atoms with Crippen molar-refractivity contribution in [1.82, 2.24) is 0 Å². The maximum atomic E-state index is 13.0. The van der Waals surface area contributed by atoms with Crippen LogP contribution in [0.5, 0.6) is 0 Å². The fraction of sp³-hybridized carbons (Fsp3) is 0.793. The Labute approximate surface area is 231 Å². The number of unbranched alkanes of at least 4 members (excludes halogenated alkanes) is 12. The number of carbonyl (C=O) groups excluding carboxylic acids is 2. The SMILES string of the molecule is C=C(C)C(=O)OCCCCCCCCOP(=O)(OCCCCC)OCCCCCCCCOC(=O)C(=C)C. The van der Waals surface area contributed by atoms with E-state index < -0.39 is 7.82 Å². The van der Waals surface area contributed by atoms with Crippen LogP contribution in [0.1, 0.15) is 117 Å². The van der Waals surface area contributed by atoms with E-state index in [0.29, 0.717) is 44.2 Å². The maximum absolute atomic E-state index is 13.0. The normalized spacial score (nSPS) is 11.3. The highest BCUT2D eigenvalue weighted by molar-refractivity contribution is 7.48. The summed E-state index contributed by atoms with van der Waals surface area (Å²) in [5.41, 5.74) is 0.848. The highest BCUT2D eigenvalue weighted by Crippen LogP contribution is 2.50. The van der Waals surface area contributed by atoms with Crippen LogP contribution in [-0.2, 0) is 37.2 Å². The summed E-state index contributed by atoms with van der Waals surface area (Å²) < 4.78 is 40.0. The van der Waals surface area contributed by atoms with E-state index in [2.05, 4.69) is 20.1 Å². The molecular formula is C29H53O8P. The Bertz CT molecular complexity index is 657. The molecule has 0 unspecified atom stereocenters. The van der Waals surface area contributed by atoms with E-state index in [0.717, 1.165) is 96.3 Å². The second kappa shape index (κ2) is 24.6. The fourth-order valence-corrected chi connectivity index (χ4v) is 4.67. The molecule has 0 heterocycles. The van der Waals surface area contributed by atoms with Crippen molar-refractivity contribution >= 4 is 19.8 Å². The molecule has 0 radical (unpaired) electrons. The number of hydrogen-bond donors (Lipinski definition) is 0. The van der Waals surface area contributed by atoms with Crippen LogP contribution in [-0.4, -0.2) is 45.0 Å². The van der Waals surface area contributed by atoms with Gasteiger partial charge in [-0.15, -0.1) is 0 Å². The molecule has 0 saturated heterocycles. The highest BCUT2D eigenvalue weighted by atomic mass is 31.2. The van der Waals surface area contributed by atoms with Gasteiger partial charge in [0, 0.05) is 11.1 Å². The molecule has 38 heavy (non-hydrogen) atoms. The Hall–Kier alpha value is -1.47. The van der Waals surface area contributed by atoms with E-state index >= 15 is 0 Å². The van der Waals surface area contributed by atoms with E-state index in [4.69, 9.17) is 23.0 Å². The van der Waals surface area contributed by atoms with Gasteiger partial charge >= 0.3 is 19.8 Å². The third-order valence-electron chi connectivity index (χ3n) is 5.74. The molecule has 0 aliphatic heterocycles. The average molecular weight is 561 g/mol. The van der Waals surface area contributed by atoms with Crippen molar-refractivity contribution in [3.05, 3.63) is 24.3 Å². The average Bonchev–Trinajstić information content (AvgIpc) is 2.88. The number of esters is 2. The molecule has 0 aromatic carbocycles. The van der Waals surface area contributed by atoms with Crippen molar-refractivity contribution in [3.63, 3.8) is 0 Å². The molecule has 0 aromatic rings. The summed E-state index contributed by atoms with van der Waals surface area (Å²) in [4.78, 5) is 22.7. The number of phosphoric ester groups is 1. The molecule has 0 bridgehead atoms. The smallest absolute Gasteiger partial charge is 0.462 e. The van der Waals surface area contributed by atoms with Crippen molar-refractivity contribution in [2.45, 2.75) is 117 Å². The zero-order chi connectivity index (χ0) is 28.5. The van der Waals surface area contributed by atoms with Crippen molar-refractivity contribution in [2.75, 3.05) is 33.0 Å². The first-order valence-electron chi connectivity index (χ1n) is 14.4. The van der Waals surface area contributed by atoms with Crippen LogP contribution in [0, 0.1) is 0 Å². The molecule has 0 rings (SSSR count). The highest BCUT2D eigenvalue weighted by Gasteiger charge is 2.26. The van der Waals surface area contributed by atoms with E-state index in [1.165, 1.54) is 0 Å². The first-order valence-corrected chi connectivity index (χ1v) is 15.9. The zero-order valence-electron chi connectivity index (χ0n) is 24.3. The third kappa shape index (κ3) is 22.5. The molecule has 222 valence electrons. The minimum atomic E-state index is -3.55. The van der Waals surface area contributed by atoms with Gasteiger partial charge in [-0.25, -0.2) is 14.2 Å². The van der Waals surface area contributed by atoms with Gasteiger partial charge in [-0.1, -0.05) is 84.3 Å². The van der Waals surface area contributed by atoms with Gasteiger partial charge in [0.1, 0.15) is 0 Å². The monoisotopic (exact) mass is 560 g/mol. The summed E-state index contributed by atoms with van der Waals surface area (Å²) in [5.74, 6) is -0.664. The molecule has 0 atom stereocenters. The quantitative estimate of drug-likeness (QED) is 0.0429. The number of ether oxygens (including phenoxy) is 2. The lowest BCUT2D eigenvalue weighted by Crippen LogP contribution is -2.06. The zero-order valence-corrected chi connectivity index (χ0v) is 25.2. The summed E-state index contributed by atoms with van der Waals surface area (Å²) in [6, 6.07) is 0. The minimum absolute atomic E-state index is 0.332. The van der Waals surface area contributed by atoms with Crippen molar-refractivity contribution in [3.8, 4) is 0 Å². The van der Waals surface area contributed by atoms with Gasteiger partial charge in [0.05, 0.1) is 33.0 Å². The fourth-order valence-electron chi connectivity index (χ4n) is 3.39. The van der Waals surface area contributed by atoms with Crippen LogP contribution < -0.4 is 0 Å². The van der Waals surface area contributed by atoms with Gasteiger partial charge in [-0.05, 0) is 46.0 Å². The first kappa shape index (κ1) is 36.5. The molecule has 0 spiro atoms. The van der Waals surface area contributed by atoms with Crippen LogP contribution >= 0.6 is 7.82 Å². The van der Waals surface area contributed by atoms with Gasteiger partial charge in [-0.2, -0.15) is 0 Å². The topological polar surface area (TPSA) is 97.4 Å². The number of hydrogen-bond acceptors (Lipinski definition) is 8. The Kier molecular flexibility index (Phi) is 23.6. The molecule has 8 nitrogen and oxygen atoms in total. The summed E-state index contributed by atoms with van der Waals surface area (Å²) >= 11 is 0. The Morgan fingerprint density at radius 2 is 0.816 bits per heavy atom. The maximum Gasteiger partial charge on any atom is 0.474 e.